The molecule has 3 aromatic carbocycles. The molecule has 154 valence electrons. The van der Waals surface area contributed by atoms with Gasteiger partial charge in [0, 0.05) is 24.4 Å². The van der Waals surface area contributed by atoms with Gasteiger partial charge >= 0.3 is 0 Å². The maximum absolute atomic E-state index is 13.1. The Kier molecular flexibility index (Phi) is 5.44. The second kappa shape index (κ2) is 8.19. The molecule has 30 heavy (non-hydrogen) atoms. The lowest BCUT2D eigenvalue weighted by molar-refractivity contribution is -0.126. The molecule has 0 bridgehead atoms. The monoisotopic (exact) mass is 402 g/mol. The molecular weight excluding hydrogens is 376 g/mol. The molecule has 4 rings (SSSR count). The molecule has 2 amide bonds. The summed E-state index contributed by atoms with van der Waals surface area (Å²) in [5.41, 5.74) is 3.91. The molecule has 0 saturated heterocycles. The highest BCUT2D eigenvalue weighted by Crippen LogP contribution is 2.39. The summed E-state index contributed by atoms with van der Waals surface area (Å²) in [5, 5.41) is 5.03. The summed E-state index contributed by atoms with van der Waals surface area (Å²) in [4.78, 5) is 26.5. The lowest BCUT2D eigenvalue weighted by Gasteiger charge is -2.20. The van der Waals surface area contributed by atoms with Crippen molar-refractivity contribution in [1.29, 1.82) is 0 Å². The van der Waals surface area contributed by atoms with Gasteiger partial charge in [0.05, 0.1) is 12.3 Å². The standard InChI is InChI=1S/C25H26N2O3/c1-16-14-17(2)24-21(15-16)23(26-18(3)28)25(29)27(24)12-7-13-30-22-11-6-9-19-8-4-5-10-20(19)22/h4-6,8-11,14-15,23H,7,12-13H2,1-3H3,(H,26,28)/t23-/m0/s1. The average Bonchev–Trinajstić information content (AvgIpc) is 2.96. The van der Waals surface area contributed by atoms with Gasteiger partial charge in [0.2, 0.25) is 5.91 Å². The molecule has 0 unspecified atom stereocenters. The van der Waals surface area contributed by atoms with Crippen LogP contribution in [0, 0.1) is 13.8 Å². The SMILES string of the molecule is CC(=O)N[C@@H]1C(=O)N(CCCOc2cccc3ccccc23)c2c(C)cc(C)cc21. The van der Waals surface area contributed by atoms with Gasteiger partial charge in [-0.1, -0.05) is 54.1 Å². The topological polar surface area (TPSA) is 58.6 Å². The van der Waals surface area contributed by atoms with Crippen LogP contribution >= 0.6 is 0 Å². The van der Waals surface area contributed by atoms with Gasteiger partial charge in [-0.15, -0.1) is 0 Å². The normalized spacial score (nSPS) is 15.4. The Balaban J connectivity index is 1.48. The minimum absolute atomic E-state index is 0.0842. The molecule has 0 spiro atoms. The minimum Gasteiger partial charge on any atom is -0.493 e. The van der Waals surface area contributed by atoms with Crippen molar-refractivity contribution in [2.75, 3.05) is 18.1 Å². The lowest BCUT2D eigenvalue weighted by atomic mass is 10.0. The van der Waals surface area contributed by atoms with Gasteiger partial charge in [-0.3, -0.25) is 9.59 Å². The van der Waals surface area contributed by atoms with Crippen molar-refractivity contribution in [2.24, 2.45) is 0 Å². The van der Waals surface area contributed by atoms with Crippen molar-refractivity contribution in [3.63, 3.8) is 0 Å². The highest BCUT2D eigenvalue weighted by molar-refractivity contribution is 6.07. The third-order valence-electron chi connectivity index (χ3n) is 5.45. The Bertz CT molecular complexity index is 1120. The molecule has 0 fully saturated rings. The van der Waals surface area contributed by atoms with Crippen LogP contribution in [-0.4, -0.2) is 25.0 Å². The van der Waals surface area contributed by atoms with E-state index in [1.807, 2.05) is 44.2 Å². The summed E-state index contributed by atoms with van der Waals surface area (Å²) in [5.74, 6) is 0.558. The van der Waals surface area contributed by atoms with Crippen molar-refractivity contribution in [1.82, 2.24) is 5.32 Å². The average molecular weight is 402 g/mol. The Morgan fingerprint density at radius 1 is 1.10 bits per heavy atom. The number of rotatable bonds is 6. The van der Waals surface area contributed by atoms with Crippen LogP contribution in [-0.2, 0) is 9.59 Å². The fourth-order valence-corrected chi connectivity index (χ4v) is 4.27. The van der Waals surface area contributed by atoms with Crippen molar-refractivity contribution in [3.05, 3.63) is 71.3 Å². The van der Waals surface area contributed by atoms with E-state index >= 15 is 0 Å². The predicted octanol–water partition coefficient (Wildman–Crippen LogP) is 4.45. The van der Waals surface area contributed by atoms with Gasteiger partial charge in [0.15, 0.2) is 0 Å². The second-order valence-corrected chi connectivity index (χ2v) is 7.82. The summed E-state index contributed by atoms with van der Waals surface area (Å²) >= 11 is 0. The highest BCUT2D eigenvalue weighted by Gasteiger charge is 2.38. The van der Waals surface area contributed by atoms with E-state index in [9.17, 15) is 9.59 Å². The van der Waals surface area contributed by atoms with Crippen LogP contribution in [0.3, 0.4) is 0 Å². The number of fused-ring (bicyclic) bond motifs is 2. The number of benzene rings is 3. The molecule has 3 aromatic rings. The summed E-state index contributed by atoms with van der Waals surface area (Å²) < 4.78 is 6.04. The minimum atomic E-state index is -0.616. The summed E-state index contributed by atoms with van der Waals surface area (Å²) in [7, 11) is 0. The van der Waals surface area contributed by atoms with Crippen LogP contribution in [0.25, 0.3) is 10.8 Å². The summed E-state index contributed by atoms with van der Waals surface area (Å²) in [6, 6.07) is 17.6. The van der Waals surface area contributed by atoms with Gasteiger partial charge in [-0.25, -0.2) is 0 Å². The third kappa shape index (κ3) is 3.75. The van der Waals surface area contributed by atoms with Crippen molar-refractivity contribution in [3.8, 4) is 5.75 Å². The number of amides is 2. The Labute approximate surface area is 176 Å². The molecule has 1 heterocycles. The first-order valence-electron chi connectivity index (χ1n) is 10.3. The number of hydrogen-bond acceptors (Lipinski definition) is 3. The number of nitrogens with one attached hydrogen (secondary N) is 1. The van der Waals surface area contributed by atoms with E-state index in [1.165, 1.54) is 6.92 Å². The van der Waals surface area contributed by atoms with Crippen LogP contribution in [0.1, 0.15) is 36.1 Å². The van der Waals surface area contributed by atoms with Gasteiger partial charge in [0.1, 0.15) is 11.8 Å². The first kappa shape index (κ1) is 20.0. The van der Waals surface area contributed by atoms with Crippen LogP contribution < -0.4 is 15.0 Å². The second-order valence-electron chi connectivity index (χ2n) is 7.82. The molecule has 1 aliphatic heterocycles. The summed E-state index contributed by atoms with van der Waals surface area (Å²) in [6.45, 7) is 6.49. The first-order valence-corrected chi connectivity index (χ1v) is 10.3. The quantitative estimate of drug-likeness (QED) is 0.620. The van der Waals surface area contributed by atoms with E-state index in [0.717, 1.165) is 38.9 Å². The van der Waals surface area contributed by atoms with Crippen LogP contribution in [0.4, 0.5) is 5.69 Å². The Hall–Kier alpha value is -3.34. The van der Waals surface area contributed by atoms with Gasteiger partial charge in [-0.2, -0.15) is 0 Å². The van der Waals surface area contributed by atoms with Crippen molar-refractivity contribution >= 4 is 28.3 Å². The number of aryl methyl sites for hydroxylation is 2. The van der Waals surface area contributed by atoms with Gasteiger partial charge in [-0.05, 0) is 37.3 Å². The van der Waals surface area contributed by atoms with Crippen molar-refractivity contribution in [2.45, 2.75) is 33.2 Å². The number of carbonyl (C=O) groups is 2. The zero-order valence-electron chi connectivity index (χ0n) is 17.6. The summed E-state index contributed by atoms with van der Waals surface area (Å²) in [6.07, 6.45) is 0.689. The molecule has 1 N–H and O–H groups in total. The molecule has 5 heteroatoms. The molecule has 0 aromatic heterocycles. The zero-order valence-corrected chi connectivity index (χ0v) is 17.6. The lowest BCUT2D eigenvalue weighted by Crippen LogP contribution is -2.37. The molecule has 0 radical (unpaired) electrons. The van der Waals surface area contributed by atoms with Gasteiger partial charge < -0.3 is 15.0 Å². The van der Waals surface area contributed by atoms with E-state index in [2.05, 4.69) is 29.6 Å². The van der Waals surface area contributed by atoms with Crippen LogP contribution in [0.15, 0.2) is 54.6 Å². The van der Waals surface area contributed by atoms with E-state index < -0.39 is 6.04 Å². The van der Waals surface area contributed by atoms with Crippen molar-refractivity contribution < 1.29 is 14.3 Å². The molecular formula is C25H26N2O3. The largest absolute Gasteiger partial charge is 0.493 e. The highest BCUT2D eigenvalue weighted by atomic mass is 16.5. The van der Waals surface area contributed by atoms with E-state index in [-0.39, 0.29) is 11.8 Å². The Morgan fingerprint density at radius 3 is 2.67 bits per heavy atom. The molecule has 1 atom stereocenters. The maximum atomic E-state index is 13.1. The smallest absolute Gasteiger partial charge is 0.254 e. The van der Waals surface area contributed by atoms with Crippen LogP contribution in [0.2, 0.25) is 0 Å². The maximum Gasteiger partial charge on any atom is 0.254 e. The number of nitrogens with zero attached hydrogens (tertiary/aromatic N) is 1. The number of anilines is 1. The fourth-order valence-electron chi connectivity index (χ4n) is 4.27. The molecule has 5 nitrogen and oxygen atoms in total. The predicted molar refractivity (Wildman–Crippen MR) is 119 cm³/mol. The molecule has 0 aliphatic carbocycles. The molecule has 1 aliphatic rings. The van der Waals surface area contributed by atoms with Gasteiger partial charge in [0.25, 0.3) is 5.91 Å². The number of carbonyl (C=O) groups excluding carboxylic acids is 2. The van der Waals surface area contributed by atoms with E-state index in [0.29, 0.717) is 19.6 Å². The van der Waals surface area contributed by atoms with E-state index in [1.54, 1.807) is 4.90 Å². The number of ether oxygens (including phenoxy) is 1. The molecule has 0 saturated carbocycles. The third-order valence-corrected chi connectivity index (χ3v) is 5.45. The number of hydrogen-bond donors (Lipinski definition) is 1. The van der Waals surface area contributed by atoms with E-state index in [4.69, 9.17) is 4.74 Å². The van der Waals surface area contributed by atoms with Crippen LogP contribution in [0.5, 0.6) is 5.75 Å². The Morgan fingerprint density at radius 2 is 1.87 bits per heavy atom. The fraction of sp³-hybridized carbons (Fsp3) is 0.280. The zero-order chi connectivity index (χ0) is 21.3. The first-order chi connectivity index (χ1) is 14.5.